The number of carbonyl (C=O) groups is 1. The van der Waals surface area contributed by atoms with E-state index in [0.29, 0.717) is 24.2 Å². The van der Waals surface area contributed by atoms with Gasteiger partial charge >= 0.3 is 5.97 Å². The molecule has 0 saturated carbocycles. The summed E-state index contributed by atoms with van der Waals surface area (Å²) in [5.74, 6) is -0.478. The van der Waals surface area contributed by atoms with Crippen LogP contribution >= 0.6 is 11.3 Å². The lowest BCUT2D eigenvalue weighted by atomic mass is 10.1. The SMILES string of the molecule is CCc1c(C)sc2nc(CCOC)nc(C(=O)O)c12. The van der Waals surface area contributed by atoms with Crippen molar-refractivity contribution in [3.05, 3.63) is 22.0 Å². The summed E-state index contributed by atoms with van der Waals surface area (Å²) in [6.07, 6.45) is 1.30. The molecule has 0 radical (unpaired) electrons. The smallest absolute Gasteiger partial charge is 0.355 e. The number of ether oxygens (including phenoxy) is 1. The highest BCUT2D eigenvalue weighted by atomic mass is 32.1. The molecule has 0 aliphatic carbocycles. The highest BCUT2D eigenvalue weighted by Crippen LogP contribution is 2.31. The molecule has 2 aromatic heterocycles. The van der Waals surface area contributed by atoms with Gasteiger partial charge in [0.15, 0.2) is 5.69 Å². The minimum absolute atomic E-state index is 0.109. The van der Waals surface area contributed by atoms with Gasteiger partial charge in [0, 0.05) is 23.8 Å². The molecule has 0 aromatic carbocycles. The van der Waals surface area contributed by atoms with Crippen molar-refractivity contribution in [3.63, 3.8) is 0 Å². The number of hydrogen-bond donors (Lipinski definition) is 1. The van der Waals surface area contributed by atoms with Crippen molar-refractivity contribution in [3.8, 4) is 0 Å². The molecule has 19 heavy (non-hydrogen) atoms. The Hall–Kier alpha value is -1.53. The third kappa shape index (κ3) is 2.59. The molecule has 0 bridgehead atoms. The van der Waals surface area contributed by atoms with E-state index in [-0.39, 0.29) is 5.69 Å². The molecule has 0 aliphatic rings. The zero-order valence-corrected chi connectivity index (χ0v) is 12.0. The van der Waals surface area contributed by atoms with Crippen LogP contribution in [0.2, 0.25) is 0 Å². The van der Waals surface area contributed by atoms with E-state index in [2.05, 4.69) is 9.97 Å². The van der Waals surface area contributed by atoms with Gasteiger partial charge in [-0.1, -0.05) is 6.92 Å². The van der Waals surface area contributed by atoms with Gasteiger partial charge < -0.3 is 9.84 Å². The largest absolute Gasteiger partial charge is 0.476 e. The Morgan fingerprint density at radius 2 is 2.16 bits per heavy atom. The van der Waals surface area contributed by atoms with Gasteiger partial charge in [0.25, 0.3) is 0 Å². The molecule has 2 heterocycles. The first-order chi connectivity index (χ1) is 9.08. The number of hydrogen-bond acceptors (Lipinski definition) is 5. The first-order valence-corrected chi connectivity index (χ1v) is 6.91. The van der Waals surface area contributed by atoms with Crippen LogP contribution in [0.5, 0.6) is 0 Å². The highest BCUT2D eigenvalue weighted by Gasteiger charge is 2.19. The van der Waals surface area contributed by atoms with Gasteiger partial charge in [0.1, 0.15) is 10.7 Å². The molecule has 0 fully saturated rings. The van der Waals surface area contributed by atoms with Gasteiger partial charge in [-0.3, -0.25) is 0 Å². The van der Waals surface area contributed by atoms with Gasteiger partial charge in [-0.2, -0.15) is 0 Å². The summed E-state index contributed by atoms with van der Waals surface area (Å²) >= 11 is 1.53. The molecule has 0 saturated heterocycles. The predicted octanol–water partition coefficient (Wildman–Crippen LogP) is 2.45. The number of methoxy groups -OCH3 is 1. The van der Waals surface area contributed by atoms with Crippen LogP contribution < -0.4 is 0 Å². The van der Waals surface area contributed by atoms with E-state index in [1.165, 1.54) is 11.3 Å². The van der Waals surface area contributed by atoms with Gasteiger partial charge in [0.2, 0.25) is 0 Å². The molecule has 0 aliphatic heterocycles. The molecule has 1 N–H and O–H groups in total. The molecular weight excluding hydrogens is 264 g/mol. The maximum atomic E-state index is 11.4. The van der Waals surface area contributed by atoms with Crippen molar-refractivity contribution in [2.75, 3.05) is 13.7 Å². The second kappa shape index (κ2) is 5.63. The van der Waals surface area contributed by atoms with Crippen LogP contribution in [-0.4, -0.2) is 34.8 Å². The van der Waals surface area contributed by atoms with Crippen LogP contribution in [0, 0.1) is 6.92 Å². The van der Waals surface area contributed by atoms with Gasteiger partial charge in [-0.05, 0) is 18.9 Å². The number of rotatable bonds is 5. The minimum Gasteiger partial charge on any atom is -0.476 e. The second-order valence-electron chi connectivity index (χ2n) is 4.21. The molecule has 0 amide bonds. The van der Waals surface area contributed by atoms with E-state index in [1.54, 1.807) is 7.11 Å². The average molecular weight is 280 g/mol. The lowest BCUT2D eigenvalue weighted by molar-refractivity contribution is 0.0692. The van der Waals surface area contributed by atoms with Crippen LogP contribution in [0.4, 0.5) is 0 Å². The van der Waals surface area contributed by atoms with Crippen LogP contribution in [0.25, 0.3) is 10.2 Å². The summed E-state index contributed by atoms with van der Waals surface area (Å²) in [5, 5.41) is 10.0. The summed E-state index contributed by atoms with van der Waals surface area (Å²) in [5.41, 5.74) is 1.15. The number of aryl methyl sites for hydroxylation is 2. The molecule has 2 rings (SSSR count). The van der Waals surface area contributed by atoms with Gasteiger partial charge in [-0.15, -0.1) is 11.3 Å². The molecule has 0 unspecified atom stereocenters. The highest BCUT2D eigenvalue weighted by molar-refractivity contribution is 7.18. The summed E-state index contributed by atoms with van der Waals surface area (Å²) < 4.78 is 4.98. The number of carboxylic acid groups (broad SMARTS) is 1. The Morgan fingerprint density at radius 3 is 2.74 bits per heavy atom. The molecular formula is C13H16N2O3S. The summed E-state index contributed by atoms with van der Waals surface area (Å²) in [7, 11) is 1.60. The molecule has 0 atom stereocenters. The molecule has 102 valence electrons. The number of carboxylic acids is 1. The standard InChI is InChI=1S/C13H16N2O3S/c1-4-8-7(2)19-12-10(8)11(13(16)17)14-9(15-12)5-6-18-3/h4-6H2,1-3H3,(H,16,17). The third-order valence-electron chi connectivity index (χ3n) is 2.98. The number of thiophene rings is 1. The minimum atomic E-state index is -1.00. The monoisotopic (exact) mass is 280 g/mol. The Labute approximate surface area is 115 Å². The van der Waals surface area contributed by atoms with Crippen LogP contribution in [-0.2, 0) is 17.6 Å². The Kier molecular flexibility index (Phi) is 4.11. The van der Waals surface area contributed by atoms with Crippen LogP contribution in [0.15, 0.2) is 0 Å². The third-order valence-corrected chi connectivity index (χ3v) is 4.03. The van der Waals surface area contributed by atoms with Crippen LogP contribution in [0.1, 0.15) is 33.7 Å². The Balaban J connectivity index is 2.65. The van der Waals surface area contributed by atoms with Crippen molar-refractivity contribution < 1.29 is 14.6 Å². The fourth-order valence-electron chi connectivity index (χ4n) is 2.10. The van der Waals surface area contributed by atoms with Crippen LogP contribution in [0.3, 0.4) is 0 Å². The maximum absolute atomic E-state index is 11.4. The number of nitrogens with zero attached hydrogens (tertiary/aromatic N) is 2. The number of aromatic nitrogens is 2. The predicted molar refractivity (Wildman–Crippen MR) is 74.1 cm³/mol. The van der Waals surface area contributed by atoms with E-state index < -0.39 is 5.97 Å². The first kappa shape index (κ1) is 13.9. The van der Waals surface area contributed by atoms with Crippen molar-refractivity contribution in [1.82, 2.24) is 9.97 Å². The maximum Gasteiger partial charge on any atom is 0.355 e. The molecule has 5 nitrogen and oxygen atoms in total. The normalized spacial score (nSPS) is 11.1. The molecule has 2 aromatic rings. The lowest BCUT2D eigenvalue weighted by Crippen LogP contribution is -2.08. The first-order valence-electron chi connectivity index (χ1n) is 6.09. The Bertz CT molecular complexity index is 622. The zero-order valence-electron chi connectivity index (χ0n) is 11.2. The fraction of sp³-hybridized carbons (Fsp3) is 0.462. The van der Waals surface area contributed by atoms with E-state index in [4.69, 9.17) is 4.74 Å². The van der Waals surface area contributed by atoms with E-state index >= 15 is 0 Å². The van der Waals surface area contributed by atoms with Crippen molar-refractivity contribution in [2.24, 2.45) is 0 Å². The summed E-state index contributed by atoms with van der Waals surface area (Å²) in [6, 6.07) is 0. The van der Waals surface area contributed by atoms with E-state index in [0.717, 1.165) is 21.7 Å². The van der Waals surface area contributed by atoms with E-state index in [9.17, 15) is 9.90 Å². The van der Waals surface area contributed by atoms with Crippen molar-refractivity contribution >= 4 is 27.5 Å². The summed E-state index contributed by atoms with van der Waals surface area (Å²) in [6.45, 7) is 4.49. The zero-order chi connectivity index (χ0) is 14.0. The number of fused-ring (bicyclic) bond motifs is 1. The average Bonchev–Trinajstić information content (AvgIpc) is 2.70. The fourth-order valence-corrected chi connectivity index (χ4v) is 3.23. The van der Waals surface area contributed by atoms with Gasteiger partial charge in [0.05, 0.1) is 6.61 Å². The quantitative estimate of drug-likeness (QED) is 0.910. The Morgan fingerprint density at radius 1 is 1.42 bits per heavy atom. The molecule has 0 spiro atoms. The summed E-state index contributed by atoms with van der Waals surface area (Å²) in [4.78, 5) is 21.9. The second-order valence-corrected chi connectivity index (χ2v) is 5.41. The van der Waals surface area contributed by atoms with Gasteiger partial charge in [-0.25, -0.2) is 14.8 Å². The van der Waals surface area contributed by atoms with Crippen molar-refractivity contribution in [2.45, 2.75) is 26.7 Å². The van der Waals surface area contributed by atoms with E-state index in [1.807, 2.05) is 13.8 Å². The topological polar surface area (TPSA) is 72.3 Å². The molecule has 6 heteroatoms. The number of aromatic carboxylic acids is 1. The lowest BCUT2D eigenvalue weighted by Gasteiger charge is -2.04. The van der Waals surface area contributed by atoms with Crippen molar-refractivity contribution in [1.29, 1.82) is 0 Å².